The maximum atomic E-state index is 13.4. The average Bonchev–Trinajstić information content (AvgIpc) is 2.27. The second-order valence-corrected chi connectivity index (χ2v) is 2.85. The predicted octanol–water partition coefficient (Wildman–Crippen LogP) is 1.67. The van der Waals surface area contributed by atoms with Crippen LogP contribution in [0.25, 0.3) is 0 Å². The van der Waals surface area contributed by atoms with E-state index in [1.807, 2.05) is 0 Å². The fourth-order valence-electron chi connectivity index (χ4n) is 1.15. The Morgan fingerprint density at radius 1 is 1.47 bits per heavy atom. The third-order valence-electron chi connectivity index (χ3n) is 1.93. The minimum Gasteiger partial charge on any atom is -0.496 e. The summed E-state index contributed by atoms with van der Waals surface area (Å²) < 4.78 is 31.6. The predicted molar refractivity (Wildman–Crippen MR) is 48.5 cm³/mol. The zero-order valence-corrected chi connectivity index (χ0v) is 7.95. The summed E-state index contributed by atoms with van der Waals surface area (Å²) in [7, 11) is 1.24. The van der Waals surface area contributed by atoms with Gasteiger partial charge in [0, 0.05) is 0 Å². The van der Waals surface area contributed by atoms with Crippen LogP contribution in [0, 0.1) is 11.3 Å². The highest BCUT2D eigenvalue weighted by Gasteiger charge is 2.42. The molecule has 0 amide bonds. The van der Waals surface area contributed by atoms with Crippen LogP contribution in [0.15, 0.2) is 24.3 Å². The first-order valence-electron chi connectivity index (χ1n) is 4.13. The number of para-hydroxylation sites is 1. The number of nitrogens with zero attached hydrogens (tertiary/aromatic N) is 1. The van der Waals surface area contributed by atoms with E-state index in [1.54, 1.807) is 0 Å². The van der Waals surface area contributed by atoms with Gasteiger partial charge in [-0.3, -0.25) is 0 Å². The van der Waals surface area contributed by atoms with E-state index in [4.69, 9.17) is 15.1 Å². The van der Waals surface area contributed by atoms with Crippen molar-refractivity contribution in [3.8, 4) is 11.8 Å². The van der Waals surface area contributed by atoms with Crippen molar-refractivity contribution in [3.05, 3.63) is 29.8 Å². The van der Waals surface area contributed by atoms with Gasteiger partial charge < -0.3 is 9.84 Å². The molecule has 15 heavy (non-hydrogen) atoms. The van der Waals surface area contributed by atoms with Crippen LogP contribution in [0.4, 0.5) is 8.78 Å². The lowest BCUT2D eigenvalue weighted by Crippen LogP contribution is -2.29. The molecule has 0 spiro atoms. The van der Waals surface area contributed by atoms with E-state index in [-0.39, 0.29) is 5.75 Å². The number of benzene rings is 1. The van der Waals surface area contributed by atoms with Gasteiger partial charge in [-0.25, -0.2) is 0 Å². The summed E-state index contributed by atoms with van der Waals surface area (Å²) in [5, 5.41) is 17.2. The topological polar surface area (TPSA) is 53.2 Å². The van der Waals surface area contributed by atoms with Gasteiger partial charge in [0.05, 0.1) is 12.7 Å². The maximum Gasteiger partial charge on any atom is 0.315 e. The lowest BCUT2D eigenvalue weighted by atomic mass is 10.0. The molecule has 80 valence electrons. The Hall–Kier alpha value is -1.67. The molecule has 1 N–H and O–H groups in total. The van der Waals surface area contributed by atoms with E-state index in [1.165, 1.54) is 25.3 Å². The van der Waals surface area contributed by atoms with Crippen LogP contribution in [0.3, 0.4) is 0 Å². The molecule has 0 aliphatic rings. The third-order valence-corrected chi connectivity index (χ3v) is 1.93. The quantitative estimate of drug-likeness (QED) is 0.777. The molecule has 5 heteroatoms. The van der Waals surface area contributed by atoms with Crippen molar-refractivity contribution in [1.82, 2.24) is 0 Å². The van der Waals surface area contributed by atoms with E-state index in [2.05, 4.69) is 0 Å². The molecule has 1 aromatic carbocycles. The van der Waals surface area contributed by atoms with E-state index < -0.39 is 17.6 Å². The smallest absolute Gasteiger partial charge is 0.315 e. The van der Waals surface area contributed by atoms with E-state index in [0.717, 1.165) is 12.1 Å². The van der Waals surface area contributed by atoms with Crippen molar-refractivity contribution in [2.75, 3.05) is 7.11 Å². The van der Waals surface area contributed by atoms with Crippen molar-refractivity contribution >= 4 is 0 Å². The number of nitriles is 1. The van der Waals surface area contributed by atoms with E-state index >= 15 is 0 Å². The zero-order valence-electron chi connectivity index (χ0n) is 7.95. The second-order valence-electron chi connectivity index (χ2n) is 2.85. The number of hydrogen-bond donors (Lipinski definition) is 1. The number of aliphatic hydroxyl groups excluding tert-OH is 1. The molecule has 0 aliphatic heterocycles. The minimum atomic E-state index is -3.64. The largest absolute Gasteiger partial charge is 0.496 e. The normalized spacial score (nSPS) is 13.0. The van der Waals surface area contributed by atoms with Gasteiger partial charge in [-0.1, -0.05) is 12.1 Å². The first kappa shape index (κ1) is 11.4. The summed E-state index contributed by atoms with van der Waals surface area (Å²) >= 11 is 0. The number of methoxy groups -OCH3 is 1. The maximum absolute atomic E-state index is 13.4. The van der Waals surface area contributed by atoms with Gasteiger partial charge in [-0.05, 0) is 12.1 Å². The number of alkyl halides is 2. The Kier molecular flexibility index (Phi) is 3.22. The van der Waals surface area contributed by atoms with Gasteiger partial charge in [0.25, 0.3) is 0 Å². The second kappa shape index (κ2) is 4.24. The molecule has 0 fully saturated rings. The fraction of sp³-hybridized carbons (Fsp3) is 0.300. The highest BCUT2D eigenvalue weighted by molar-refractivity contribution is 5.38. The summed E-state index contributed by atoms with van der Waals surface area (Å²) in [5.74, 6) is -3.70. The zero-order chi connectivity index (χ0) is 11.5. The van der Waals surface area contributed by atoms with Crippen LogP contribution >= 0.6 is 0 Å². The van der Waals surface area contributed by atoms with Crippen molar-refractivity contribution in [2.24, 2.45) is 0 Å². The van der Waals surface area contributed by atoms with Crippen molar-refractivity contribution < 1.29 is 18.6 Å². The molecule has 0 radical (unpaired) electrons. The molecule has 3 nitrogen and oxygen atoms in total. The molecule has 0 aromatic heterocycles. The fourth-order valence-corrected chi connectivity index (χ4v) is 1.15. The Morgan fingerprint density at radius 3 is 2.60 bits per heavy atom. The van der Waals surface area contributed by atoms with Crippen LogP contribution in [-0.4, -0.2) is 18.3 Å². The molecule has 0 bridgehead atoms. The average molecular weight is 213 g/mol. The molecular weight excluding hydrogens is 204 g/mol. The number of aliphatic hydroxyl groups is 1. The van der Waals surface area contributed by atoms with Gasteiger partial charge in [0.1, 0.15) is 11.8 Å². The lowest BCUT2D eigenvalue weighted by molar-refractivity contribution is -0.0905. The Balaban J connectivity index is 3.21. The van der Waals surface area contributed by atoms with Crippen LogP contribution in [0.5, 0.6) is 5.75 Å². The molecule has 1 atom stereocenters. The number of hydrogen-bond acceptors (Lipinski definition) is 3. The van der Waals surface area contributed by atoms with Gasteiger partial charge in [0.2, 0.25) is 6.10 Å². The van der Waals surface area contributed by atoms with Gasteiger partial charge in [0.15, 0.2) is 0 Å². The molecule has 0 saturated carbocycles. The van der Waals surface area contributed by atoms with Crippen molar-refractivity contribution in [1.29, 1.82) is 5.26 Å². The van der Waals surface area contributed by atoms with Crippen LogP contribution < -0.4 is 4.74 Å². The highest BCUT2D eigenvalue weighted by atomic mass is 19.3. The number of rotatable bonds is 3. The molecule has 1 rings (SSSR count). The summed E-state index contributed by atoms with van der Waals surface area (Å²) in [6.45, 7) is 0. The summed E-state index contributed by atoms with van der Waals surface area (Å²) in [6.07, 6.45) is -2.38. The monoisotopic (exact) mass is 213 g/mol. The Bertz CT molecular complexity index is 387. The van der Waals surface area contributed by atoms with E-state index in [9.17, 15) is 8.78 Å². The number of halogens is 2. The first-order chi connectivity index (χ1) is 7.04. The summed E-state index contributed by atoms with van der Waals surface area (Å²) in [6, 6.07) is 6.47. The van der Waals surface area contributed by atoms with Crippen molar-refractivity contribution in [2.45, 2.75) is 12.0 Å². The van der Waals surface area contributed by atoms with Crippen LogP contribution in [-0.2, 0) is 5.92 Å². The molecule has 1 unspecified atom stereocenters. The van der Waals surface area contributed by atoms with Crippen molar-refractivity contribution in [3.63, 3.8) is 0 Å². The lowest BCUT2D eigenvalue weighted by Gasteiger charge is -2.19. The molecule has 0 aliphatic carbocycles. The molecule has 1 aromatic rings. The summed E-state index contributed by atoms with van der Waals surface area (Å²) in [5.41, 5.74) is -0.499. The first-order valence-corrected chi connectivity index (χ1v) is 4.13. The van der Waals surface area contributed by atoms with Gasteiger partial charge >= 0.3 is 5.92 Å². The highest BCUT2D eigenvalue weighted by Crippen LogP contribution is 2.37. The van der Waals surface area contributed by atoms with Gasteiger partial charge in [-0.15, -0.1) is 0 Å². The molecule has 0 saturated heterocycles. The minimum absolute atomic E-state index is 0.0585. The van der Waals surface area contributed by atoms with E-state index in [0.29, 0.717) is 0 Å². The third kappa shape index (κ3) is 2.05. The van der Waals surface area contributed by atoms with Gasteiger partial charge in [-0.2, -0.15) is 14.0 Å². The Morgan fingerprint density at radius 2 is 2.07 bits per heavy atom. The van der Waals surface area contributed by atoms with Crippen LogP contribution in [0.1, 0.15) is 5.56 Å². The summed E-state index contributed by atoms with van der Waals surface area (Å²) in [4.78, 5) is 0. The molecule has 0 heterocycles. The Labute approximate surface area is 85.5 Å². The number of ether oxygens (including phenoxy) is 1. The standard InChI is InChI=1S/C10H9F2NO2/c1-15-8-5-3-2-4-7(8)10(11,12)9(14)6-13/h2-5,9,14H,1H3. The van der Waals surface area contributed by atoms with Crippen LogP contribution in [0.2, 0.25) is 0 Å². The molecular formula is C10H9F2NO2. The SMILES string of the molecule is COc1ccccc1C(F)(F)C(O)C#N.